The Kier molecular flexibility index (Phi) is 9.74. The van der Waals surface area contributed by atoms with Crippen LogP contribution >= 0.6 is 0 Å². The third kappa shape index (κ3) is 5.89. The summed E-state index contributed by atoms with van der Waals surface area (Å²) >= 11 is 0. The Hall–Kier alpha value is -1.34. The number of hydrogen-bond acceptors (Lipinski definition) is 7. The van der Waals surface area contributed by atoms with E-state index in [0.717, 1.165) is 0 Å². The van der Waals surface area contributed by atoms with Gasteiger partial charge in [0, 0.05) is 44.5 Å². The van der Waals surface area contributed by atoms with E-state index in [2.05, 4.69) is 21.3 Å². The molecule has 0 aliphatic carbocycles. The van der Waals surface area contributed by atoms with Gasteiger partial charge in [-0.25, -0.2) is 14.8 Å². The molecular weight excluding hydrogens is 351 g/mol. The Morgan fingerprint density at radius 1 is 1.48 bits per heavy atom. The number of carbonyl (C=O) groups is 1. The van der Waals surface area contributed by atoms with E-state index in [1.54, 1.807) is 13.8 Å². The van der Waals surface area contributed by atoms with Gasteiger partial charge in [-0.1, -0.05) is 0 Å². The van der Waals surface area contributed by atoms with Gasteiger partial charge in [-0.05, 0) is 6.92 Å². The zero-order chi connectivity index (χ0) is 15.0. The molecule has 0 aliphatic rings. The number of rotatable bonds is 6. The van der Waals surface area contributed by atoms with E-state index < -0.39 is 5.97 Å². The summed E-state index contributed by atoms with van der Waals surface area (Å²) < 4.78 is 9.61. The first-order valence-corrected chi connectivity index (χ1v) is 5.77. The third-order valence-corrected chi connectivity index (χ3v) is 2.28. The Morgan fingerprint density at radius 2 is 2.19 bits per heavy atom. The first-order valence-electron chi connectivity index (χ1n) is 5.77. The van der Waals surface area contributed by atoms with E-state index in [-0.39, 0.29) is 44.9 Å². The molecule has 1 radical (unpaired) electrons. The normalized spacial score (nSPS) is 11.0. The molecule has 0 unspecified atom stereocenters. The Bertz CT molecular complexity index is 532. The molecule has 0 aromatic carbocycles. The fraction of sp³-hybridized carbons (Fsp3) is 0.385. The molecule has 7 nitrogen and oxygen atoms in total. The smallest absolute Gasteiger partial charge is 0.341 e. The fourth-order valence-electron chi connectivity index (χ4n) is 1.46. The van der Waals surface area contributed by atoms with Gasteiger partial charge in [0.2, 0.25) is 0 Å². The van der Waals surface area contributed by atoms with Crippen LogP contribution in [0.15, 0.2) is 17.6 Å². The average Bonchev–Trinajstić information content (AvgIpc) is 2.45. The summed E-state index contributed by atoms with van der Waals surface area (Å²) in [6, 6.07) is 0. The van der Waals surface area contributed by atoms with Crippen LogP contribution in [0, 0.1) is 6.92 Å². The average molecular weight is 367 g/mol. The molecule has 0 saturated heterocycles. The van der Waals surface area contributed by atoms with Crippen molar-refractivity contribution in [1.82, 2.24) is 9.97 Å². The van der Waals surface area contributed by atoms with Crippen molar-refractivity contribution >= 4 is 17.8 Å². The number of carbonyl (C=O) groups excluding carboxylic acids is 1. The standard InChI is InChI=1S/C13H16N3O4.Y/c1-5-15-20-8-12-10(6-14-9(2)16-12)11(7-18-3)13(17)19-4;/h6-7H,8H2,1-4H3;/q-1;/b11-7+;. The molecule has 0 bridgehead atoms. The van der Waals surface area contributed by atoms with Crippen LogP contribution in [0.25, 0.3) is 5.57 Å². The van der Waals surface area contributed by atoms with Gasteiger partial charge in [-0.2, -0.15) is 6.92 Å². The van der Waals surface area contributed by atoms with Crippen molar-refractivity contribution in [2.75, 3.05) is 14.2 Å². The topological polar surface area (TPSA) is 82.9 Å². The molecule has 21 heavy (non-hydrogen) atoms. The van der Waals surface area contributed by atoms with E-state index in [1.165, 1.54) is 26.7 Å². The second kappa shape index (κ2) is 10.4. The van der Waals surface area contributed by atoms with Crippen LogP contribution in [0.3, 0.4) is 0 Å². The summed E-state index contributed by atoms with van der Waals surface area (Å²) in [7, 11) is 2.72. The monoisotopic (exact) mass is 367 g/mol. The maximum atomic E-state index is 11.8. The summed E-state index contributed by atoms with van der Waals surface area (Å²) in [5, 5.41) is 3.53. The summed E-state index contributed by atoms with van der Waals surface area (Å²) in [4.78, 5) is 25.1. The van der Waals surface area contributed by atoms with Gasteiger partial charge in [0.15, 0.2) is 6.61 Å². The molecule has 1 rings (SSSR count). The molecule has 0 fully saturated rings. The third-order valence-electron chi connectivity index (χ3n) is 2.28. The molecule has 0 N–H and O–H groups in total. The first kappa shape index (κ1) is 19.7. The van der Waals surface area contributed by atoms with Crippen LogP contribution in [0.5, 0.6) is 0 Å². The molecule has 0 atom stereocenters. The molecule has 111 valence electrons. The number of methoxy groups -OCH3 is 2. The number of hydrogen-bond donors (Lipinski definition) is 0. The Morgan fingerprint density at radius 3 is 2.76 bits per heavy atom. The molecule has 0 saturated carbocycles. The van der Waals surface area contributed by atoms with Gasteiger partial charge in [0.05, 0.1) is 26.2 Å². The van der Waals surface area contributed by atoms with Crippen molar-refractivity contribution in [3.05, 3.63) is 29.5 Å². The number of aryl methyl sites for hydroxylation is 1. The molecular formula is C13H16N3O4Y-. The van der Waals surface area contributed by atoms with Gasteiger partial charge in [0.25, 0.3) is 0 Å². The minimum Gasteiger partial charge on any atom is -0.503 e. The maximum absolute atomic E-state index is 11.8. The summed E-state index contributed by atoms with van der Waals surface area (Å²) in [5.41, 5.74) is 1.18. The van der Waals surface area contributed by atoms with E-state index >= 15 is 0 Å². The first-order chi connectivity index (χ1) is 9.63. The molecule has 0 aliphatic heterocycles. The molecule has 1 aromatic heterocycles. The number of esters is 1. The predicted molar refractivity (Wildman–Crippen MR) is 71.7 cm³/mol. The molecule has 1 aromatic rings. The SMILES string of the molecule is C[C-]=NOCc1nc(C)ncc1/C(=C\OC)C(=O)OC.[Y]. The number of aromatic nitrogens is 2. The van der Waals surface area contributed by atoms with Gasteiger partial charge in [-0.15, -0.1) is 0 Å². The van der Waals surface area contributed by atoms with Crippen molar-refractivity contribution in [3.8, 4) is 0 Å². The van der Waals surface area contributed by atoms with Crippen molar-refractivity contribution in [1.29, 1.82) is 0 Å². The largest absolute Gasteiger partial charge is 0.503 e. The van der Waals surface area contributed by atoms with Gasteiger partial charge in [-0.3, -0.25) is 0 Å². The maximum Gasteiger partial charge on any atom is 0.341 e. The quantitative estimate of drug-likeness (QED) is 0.189. The van der Waals surface area contributed by atoms with Crippen molar-refractivity contribution in [2.45, 2.75) is 20.5 Å². The summed E-state index contributed by atoms with van der Waals surface area (Å²) in [6.45, 7) is 3.43. The van der Waals surface area contributed by atoms with Crippen molar-refractivity contribution in [2.24, 2.45) is 5.16 Å². The summed E-state index contributed by atoms with van der Waals surface area (Å²) in [6.07, 6.45) is 5.28. The van der Waals surface area contributed by atoms with Gasteiger partial charge >= 0.3 is 5.97 Å². The molecule has 0 amide bonds. The molecule has 1 heterocycles. The van der Waals surface area contributed by atoms with Crippen LogP contribution in [-0.2, 0) is 58.4 Å². The van der Waals surface area contributed by atoms with Crippen LogP contribution in [-0.4, -0.2) is 36.4 Å². The Balaban J connectivity index is 0.00000400. The van der Waals surface area contributed by atoms with Gasteiger partial charge in [0.1, 0.15) is 11.4 Å². The van der Waals surface area contributed by atoms with Crippen LogP contribution < -0.4 is 0 Å². The van der Waals surface area contributed by atoms with Crippen LogP contribution in [0.4, 0.5) is 0 Å². The Labute approximate surface area is 148 Å². The zero-order valence-electron chi connectivity index (χ0n) is 12.4. The number of ether oxygens (including phenoxy) is 2. The zero-order valence-corrected chi connectivity index (χ0v) is 15.3. The second-order valence-corrected chi connectivity index (χ2v) is 3.62. The minimum atomic E-state index is -0.550. The number of nitrogens with zero attached hydrogens (tertiary/aromatic N) is 3. The fourth-order valence-corrected chi connectivity index (χ4v) is 1.46. The second-order valence-electron chi connectivity index (χ2n) is 3.62. The van der Waals surface area contributed by atoms with Crippen molar-refractivity contribution in [3.63, 3.8) is 0 Å². The van der Waals surface area contributed by atoms with Crippen LogP contribution in [0.2, 0.25) is 0 Å². The molecule has 0 spiro atoms. The van der Waals surface area contributed by atoms with E-state index in [0.29, 0.717) is 17.1 Å². The van der Waals surface area contributed by atoms with E-state index in [1.807, 2.05) is 0 Å². The van der Waals surface area contributed by atoms with E-state index in [4.69, 9.17) is 14.3 Å². The minimum absolute atomic E-state index is 0. The van der Waals surface area contributed by atoms with Gasteiger partial charge < -0.3 is 25.7 Å². The summed E-state index contributed by atoms with van der Waals surface area (Å²) in [5.74, 6) is 0.00421. The predicted octanol–water partition coefficient (Wildman–Crippen LogP) is 1.34. The molecule has 8 heteroatoms. The van der Waals surface area contributed by atoms with Crippen molar-refractivity contribution < 1.29 is 51.8 Å². The van der Waals surface area contributed by atoms with Crippen LogP contribution in [0.1, 0.15) is 24.0 Å². The van der Waals surface area contributed by atoms with E-state index in [9.17, 15) is 4.79 Å².